The van der Waals surface area contributed by atoms with Gasteiger partial charge in [-0.25, -0.2) is 9.97 Å². The van der Waals surface area contributed by atoms with Gasteiger partial charge in [-0.3, -0.25) is 4.79 Å². The van der Waals surface area contributed by atoms with E-state index in [1.54, 1.807) is 0 Å². The second kappa shape index (κ2) is 7.69. The highest BCUT2D eigenvalue weighted by molar-refractivity contribution is 7.15. The van der Waals surface area contributed by atoms with Crippen molar-refractivity contribution in [3.05, 3.63) is 69.0 Å². The number of hydrogen-bond acceptors (Lipinski definition) is 4. The number of imidazole rings is 1. The summed E-state index contributed by atoms with van der Waals surface area (Å²) in [5.41, 5.74) is 2.99. The van der Waals surface area contributed by atoms with Gasteiger partial charge in [0.25, 0.3) is 5.91 Å². The van der Waals surface area contributed by atoms with Gasteiger partial charge in [-0.2, -0.15) is 0 Å². The van der Waals surface area contributed by atoms with E-state index in [-0.39, 0.29) is 11.9 Å². The summed E-state index contributed by atoms with van der Waals surface area (Å²) in [6, 6.07) is 13.1. The number of aryl methyl sites for hydroxylation is 1. The molecule has 0 radical (unpaired) electrons. The largest absolute Gasteiger partial charge is 0.340 e. The first-order valence-electron chi connectivity index (χ1n) is 9.70. The van der Waals surface area contributed by atoms with Crippen LogP contribution in [-0.2, 0) is 0 Å². The summed E-state index contributed by atoms with van der Waals surface area (Å²) in [5.74, 6) is 0.684. The molecule has 2 aromatic heterocycles. The molecule has 1 unspecified atom stereocenters. The third kappa shape index (κ3) is 3.39. The van der Waals surface area contributed by atoms with Crippen LogP contribution in [0.25, 0.3) is 21.5 Å². The van der Waals surface area contributed by atoms with Crippen LogP contribution in [0.5, 0.6) is 0 Å². The van der Waals surface area contributed by atoms with E-state index in [1.807, 2.05) is 54.3 Å². The number of aromatic nitrogens is 3. The Morgan fingerprint density at radius 3 is 2.83 bits per heavy atom. The zero-order valence-corrected chi connectivity index (χ0v) is 18.5. The minimum atomic E-state index is -0.129. The summed E-state index contributed by atoms with van der Waals surface area (Å²) in [6.07, 6.45) is 1.76. The second-order valence-corrected chi connectivity index (χ2v) is 9.38. The number of hydrogen-bond donors (Lipinski definition) is 1. The number of nitrogens with zero attached hydrogens (tertiary/aromatic N) is 3. The van der Waals surface area contributed by atoms with E-state index in [9.17, 15) is 4.79 Å². The average molecular weight is 457 g/mol. The van der Waals surface area contributed by atoms with Crippen LogP contribution in [0.15, 0.2) is 42.5 Å². The fraction of sp³-hybridized carbons (Fsp3) is 0.227. The number of rotatable bonds is 3. The van der Waals surface area contributed by atoms with Crippen LogP contribution in [0, 0.1) is 6.92 Å². The first-order valence-corrected chi connectivity index (χ1v) is 11.3. The normalized spacial score (nSPS) is 16.5. The monoisotopic (exact) mass is 456 g/mol. The number of H-pyrrole nitrogens is 1. The predicted octanol–water partition coefficient (Wildman–Crippen LogP) is 6.28. The van der Waals surface area contributed by atoms with Crippen LogP contribution in [0.1, 0.15) is 40.2 Å². The molecule has 2 aromatic carbocycles. The van der Waals surface area contributed by atoms with Gasteiger partial charge in [0.1, 0.15) is 17.0 Å². The summed E-state index contributed by atoms with van der Waals surface area (Å²) >= 11 is 14.0. The number of benzene rings is 2. The molecule has 0 spiro atoms. The SMILES string of the molecule is Cc1nc(C(=O)N2CCCC2c2nc3c(Cl)cccc3[nH]2)c(-c2cccc(Cl)c2)s1. The van der Waals surface area contributed by atoms with Gasteiger partial charge in [0.15, 0.2) is 0 Å². The summed E-state index contributed by atoms with van der Waals surface area (Å²) < 4.78 is 0. The molecular weight excluding hydrogens is 439 g/mol. The van der Waals surface area contributed by atoms with E-state index in [0.29, 0.717) is 22.3 Å². The zero-order valence-electron chi connectivity index (χ0n) is 16.2. The first kappa shape index (κ1) is 19.5. The fourth-order valence-electron chi connectivity index (χ4n) is 4.00. The Labute approximate surface area is 187 Å². The highest BCUT2D eigenvalue weighted by atomic mass is 35.5. The van der Waals surface area contributed by atoms with Gasteiger partial charge >= 0.3 is 0 Å². The van der Waals surface area contributed by atoms with Crippen molar-refractivity contribution in [1.29, 1.82) is 0 Å². The second-order valence-electron chi connectivity index (χ2n) is 7.34. The number of amides is 1. The van der Waals surface area contributed by atoms with Crippen molar-refractivity contribution in [3.63, 3.8) is 0 Å². The molecule has 5 nitrogen and oxygen atoms in total. The van der Waals surface area contributed by atoms with E-state index < -0.39 is 0 Å². The molecule has 4 aromatic rings. The molecule has 5 rings (SSSR count). The minimum absolute atomic E-state index is 0.0802. The third-order valence-electron chi connectivity index (χ3n) is 5.33. The Hall–Kier alpha value is -2.41. The Morgan fingerprint density at radius 1 is 1.20 bits per heavy atom. The summed E-state index contributed by atoms with van der Waals surface area (Å²) in [5, 5.41) is 2.08. The number of thiazole rings is 1. The van der Waals surface area contributed by atoms with Gasteiger partial charge < -0.3 is 9.88 Å². The van der Waals surface area contributed by atoms with Crippen molar-refractivity contribution in [1.82, 2.24) is 19.9 Å². The van der Waals surface area contributed by atoms with Crippen molar-refractivity contribution in [2.75, 3.05) is 6.54 Å². The molecular formula is C22H18Cl2N4OS. The van der Waals surface area contributed by atoms with Crippen molar-refractivity contribution in [2.24, 2.45) is 0 Å². The van der Waals surface area contributed by atoms with Gasteiger partial charge in [-0.05, 0) is 49.6 Å². The number of para-hydroxylation sites is 1. The van der Waals surface area contributed by atoms with E-state index >= 15 is 0 Å². The molecule has 1 fully saturated rings. The van der Waals surface area contributed by atoms with Gasteiger partial charge in [0, 0.05) is 11.6 Å². The van der Waals surface area contributed by atoms with Crippen molar-refractivity contribution >= 4 is 51.5 Å². The molecule has 30 heavy (non-hydrogen) atoms. The fourth-order valence-corrected chi connectivity index (χ4v) is 5.32. The van der Waals surface area contributed by atoms with E-state index in [1.165, 1.54) is 11.3 Å². The van der Waals surface area contributed by atoms with E-state index in [2.05, 4.69) is 9.97 Å². The lowest BCUT2D eigenvalue weighted by Gasteiger charge is -2.22. The minimum Gasteiger partial charge on any atom is -0.340 e. The number of fused-ring (bicyclic) bond motifs is 1. The van der Waals surface area contributed by atoms with Crippen LogP contribution < -0.4 is 0 Å². The number of likely N-dealkylation sites (tertiary alicyclic amines) is 1. The number of halogens is 2. The van der Waals surface area contributed by atoms with Crippen molar-refractivity contribution in [3.8, 4) is 10.4 Å². The number of nitrogens with one attached hydrogen (secondary N) is 1. The van der Waals surface area contributed by atoms with E-state index in [4.69, 9.17) is 28.2 Å². The molecule has 1 N–H and O–H groups in total. The van der Waals surface area contributed by atoms with Gasteiger partial charge in [0.2, 0.25) is 0 Å². The Morgan fingerprint density at radius 2 is 2.03 bits per heavy atom. The average Bonchev–Trinajstić information content (AvgIpc) is 3.45. The molecule has 1 aliphatic rings. The molecule has 1 atom stereocenters. The maximum absolute atomic E-state index is 13.6. The quantitative estimate of drug-likeness (QED) is 0.394. The van der Waals surface area contributed by atoms with E-state index in [0.717, 1.165) is 45.1 Å². The number of carbonyl (C=O) groups excluding carboxylic acids is 1. The predicted molar refractivity (Wildman–Crippen MR) is 121 cm³/mol. The van der Waals surface area contributed by atoms with Crippen LogP contribution in [0.2, 0.25) is 10.0 Å². The van der Waals surface area contributed by atoms with Crippen LogP contribution >= 0.6 is 34.5 Å². The highest BCUT2D eigenvalue weighted by Gasteiger charge is 2.35. The Kier molecular flexibility index (Phi) is 5.01. The molecule has 1 saturated heterocycles. The third-order valence-corrected chi connectivity index (χ3v) is 6.89. The topological polar surface area (TPSA) is 61.9 Å². The highest BCUT2D eigenvalue weighted by Crippen LogP contribution is 2.37. The molecule has 0 aliphatic carbocycles. The van der Waals surface area contributed by atoms with Crippen molar-refractivity contribution in [2.45, 2.75) is 25.8 Å². The lowest BCUT2D eigenvalue weighted by molar-refractivity contribution is 0.0726. The molecule has 0 saturated carbocycles. The van der Waals surface area contributed by atoms with Gasteiger partial charge in [-0.15, -0.1) is 11.3 Å². The van der Waals surface area contributed by atoms with Gasteiger partial charge in [0.05, 0.1) is 26.5 Å². The maximum Gasteiger partial charge on any atom is 0.274 e. The summed E-state index contributed by atoms with van der Waals surface area (Å²) in [7, 11) is 0. The van der Waals surface area contributed by atoms with Crippen LogP contribution in [-0.4, -0.2) is 32.3 Å². The smallest absolute Gasteiger partial charge is 0.274 e. The first-order chi connectivity index (χ1) is 14.5. The number of carbonyl (C=O) groups is 1. The standard InChI is InChI=1S/C22H18Cl2N4OS/c1-12-25-19(20(30-12)13-5-2-6-14(23)11-13)22(29)28-10-4-9-17(28)21-26-16-8-3-7-15(24)18(16)27-21/h2-3,5-8,11,17H,4,9-10H2,1H3,(H,26,27). The van der Waals surface area contributed by atoms with Crippen LogP contribution in [0.4, 0.5) is 0 Å². The maximum atomic E-state index is 13.6. The molecule has 1 aliphatic heterocycles. The zero-order chi connectivity index (χ0) is 20.8. The van der Waals surface area contributed by atoms with Crippen molar-refractivity contribution < 1.29 is 4.79 Å². The Bertz CT molecular complexity index is 1270. The summed E-state index contributed by atoms with van der Waals surface area (Å²) in [4.78, 5) is 28.9. The lowest BCUT2D eigenvalue weighted by atomic mass is 10.1. The lowest BCUT2D eigenvalue weighted by Crippen LogP contribution is -2.31. The molecule has 3 heterocycles. The Balaban J connectivity index is 1.52. The molecule has 0 bridgehead atoms. The van der Waals surface area contributed by atoms with Gasteiger partial charge in [-0.1, -0.05) is 41.4 Å². The molecule has 152 valence electrons. The molecule has 8 heteroatoms. The number of aromatic amines is 1. The molecule has 1 amide bonds. The summed E-state index contributed by atoms with van der Waals surface area (Å²) in [6.45, 7) is 2.58. The van der Waals surface area contributed by atoms with Crippen LogP contribution in [0.3, 0.4) is 0 Å².